The van der Waals surface area contributed by atoms with Crippen molar-refractivity contribution in [3.8, 4) is 0 Å². The van der Waals surface area contributed by atoms with E-state index in [1.54, 1.807) is 5.41 Å². The molecule has 1 rings (SSSR count). The summed E-state index contributed by atoms with van der Waals surface area (Å²) >= 11 is 0. The Morgan fingerprint density at radius 3 is 2.53 bits per heavy atom. The SMILES string of the molecule is CC(C)CCS(=O)/C=C\c1ccccc1. The van der Waals surface area contributed by atoms with Crippen LogP contribution in [-0.4, -0.2) is 9.96 Å². The van der Waals surface area contributed by atoms with Gasteiger partial charge in [-0.05, 0) is 24.0 Å². The normalized spacial score (nSPS) is 13.5. The lowest BCUT2D eigenvalue weighted by Gasteiger charge is -2.00. The Bertz CT molecular complexity index is 328. The summed E-state index contributed by atoms with van der Waals surface area (Å²) in [6, 6.07) is 9.97. The Morgan fingerprint density at radius 1 is 1.27 bits per heavy atom. The molecule has 1 unspecified atom stereocenters. The summed E-state index contributed by atoms with van der Waals surface area (Å²) in [4.78, 5) is 0. The molecule has 1 aromatic carbocycles. The fraction of sp³-hybridized carbons (Fsp3) is 0.385. The highest BCUT2D eigenvalue weighted by atomic mass is 32.2. The van der Waals surface area contributed by atoms with E-state index in [1.165, 1.54) is 0 Å². The molecular formula is C13H18OS. The summed E-state index contributed by atoms with van der Waals surface area (Å²) in [6.07, 6.45) is 2.95. The van der Waals surface area contributed by atoms with Gasteiger partial charge < -0.3 is 0 Å². The fourth-order valence-corrected chi connectivity index (χ4v) is 2.29. The van der Waals surface area contributed by atoms with E-state index >= 15 is 0 Å². The average molecular weight is 222 g/mol. The molecule has 1 aromatic rings. The van der Waals surface area contributed by atoms with Gasteiger partial charge >= 0.3 is 0 Å². The molecule has 0 bridgehead atoms. The van der Waals surface area contributed by atoms with Crippen LogP contribution in [0, 0.1) is 5.92 Å². The van der Waals surface area contributed by atoms with Gasteiger partial charge in [0.1, 0.15) is 0 Å². The molecule has 0 N–H and O–H groups in total. The quantitative estimate of drug-likeness (QED) is 0.745. The monoisotopic (exact) mass is 222 g/mol. The molecule has 82 valence electrons. The highest BCUT2D eigenvalue weighted by molar-refractivity contribution is 7.88. The largest absolute Gasteiger partial charge is 0.255 e. The maximum Gasteiger partial charge on any atom is 0.0456 e. The Labute approximate surface area is 94.7 Å². The minimum Gasteiger partial charge on any atom is -0.255 e. The zero-order chi connectivity index (χ0) is 11.1. The number of benzene rings is 1. The first-order valence-corrected chi connectivity index (χ1v) is 6.67. The Hall–Kier alpha value is -0.890. The summed E-state index contributed by atoms with van der Waals surface area (Å²) in [6.45, 7) is 4.30. The van der Waals surface area contributed by atoms with E-state index in [0.29, 0.717) is 5.92 Å². The zero-order valence-corrected chi connectivity index (χ0v) is 10.2. The predicted molar refractivity (Wildman–Crippen MR) is 67.9 cm³/mol. The lowest BCUT2D eigenvalue weighted by molar-refractivity contribution is 0.621. The molecule has 0 heterocycles. The fourth-order valence-electron chi connectivity index (χ4n) is 1.14. The molecule has 0 spiro atoms. The third kappa shape index (κ3) is 5.53. The molecule has 1 atom stereocenters. The minimum absolute atomic E-state index is 0.624. The van der Waals surface area contributed by atoms with Crippen LogP contribution in [0.2, 0.25) is 0 Å². The van der Waals surface area contributed by atoms with E-state index in [4.69, 9.17) is 0 Å². The van der Waals surface area contributed by atoms with Gasteiger partial charge in [0.2, 0.25) is 0 Å². The second kappa shape index (κ2) is 6.57. The molecule has 0 aliphatic rings. The Kier molecular flexibility index (Phi) is 5.33. The standard InChI is InChI=1S/C13H18OS/c1-12(2)8-10-15(14)11-9-13-6-4-3-5-7-13/h3-7,9,11-12H,8,10H2,1-2H3/b11-9-. The van der Waals surface area contributed by atoms with E-state index in [-0.39, 0.29) is 0 Å². The van der Waals surface area contributed by atoms with Crippen LogP contribution in [-0.2, 0) is 10.8 Å². The van der Waals surface area contributed by atoms with E-state index in [9.17, 15) is 4.21 Å². The Balaban J connectivity index is 2.41. The number of hydrogen-bond acceptors (Lipinski definition) is 1. The second-order valence-electron chi connectivity index (χ2n) is 3.98. The van der Waals surface area contributed by atoms with Gasteiger partial charge in [-0.2, -0.15) is 0 Å². The average Bonchev–Trinajstić information content (AvgIpc) is 2.25. The van der Waals surface area contributed by atoms with E-state index in [2.05, 4.69) is 13.8 Å². The molecule has 0 amide bonds. The lowest BCUT2D eigenvalue weighted by atomic mass is 10.2. The zero-order valence-electron chi connectivity index (χ0n) is 9.35. The van der Waals surface area contributed by atoms with Crippen LogP contribution in [0.1, 0.15) is 25.8 Å². The third-order valence-corrected chi connectivity index (χ3v) is 3.19. The summed E-state index contributed by atoms with van der Waals surface area (Å²) in [5.41, 5.74) is 1.11. The second-order valence-corrected chi connectivity index (χ2v) is 5.42. The van der Waals surface area contributed by atoms with Crippen molar-refractivity contribution in [2.45, 2.75) is 20.3 Å². The highest BCUT2D eigenvalue weighted by Gasteiger charge is 1.97. The first-order chi connectivity index (χ1) is 7.18. The first kappa shape index (κ1) is 12.2. The molecule has 0 aromatic heterocycles. The summed E-state index contributed by atoms with van der Waals surface area (Å²) in [7, 11) is -0.822. The van der Waals surface area contributed by atoms with Crippen molar-refractivity contribution in [2.24, 2.45) is 5.92 Å². The van der Waals surface area contributed by atoms with Gasteiger partial charge in [0.05, 0.1) is 0 Å². The minimum atomic E-state index is -0.822. The molecule has 0 saturated carbocycles. The van der Waals surface area contributed by atoms with Crippen molar-refractivity contribution in [3.63, 3.8) is 0 Å². The molecule has 1 nitrogen and oxygen atoms in total. The highest BCUT2D eigenvalue weighted by Crippen LogP contribution is 2.05. The van der Waals surface area contributed by atoms with Crippen molar-refractivity contribution < 1.29 is 4.21 Å². The summed E-state index contributed by atoms with van der Waals surface area (Å²) in [5, 5.41) is 1.79. The third-order valence-electron chi connectivity index (χ3n) is 2.11. The van der Waals surface area contributed by atoms with Gasteiger partial charge in [-0.3, -0.25) is 4.21 Å². The topological polar surface area (TPSA) is 17.1 Å². The van der Waals surface area contributed by atoms with Crippen LogP contribution in [0.15, 0.2) is 35.7 Å². The molecule has 0 aliphatic heterocycles. The van der Waals surface area contributed by atoms with Crippen LogP contribution < -0.4 is 0 Å². The molecule has 2 heteroatoms. The van der Waals surface area contributed by atoms with Crippen molar-refractivity contribution in [1.29, 1.82) is 0 Å². The maximum atomic E-state index is 11.5. The summed E-state index contributed by atoms with van der Waals surface area (Å²) < 4.78 is 11.5. The van der Waals surface area contributed by atoms with E-state index < -0.39 is 10.8 Å². The first-order valence-electron chi connectivity index (χ1n) is 5.29. The van der Waals surface area contributed by atoms with E-state index in [1.807, 2.05) is 36.4 Å². The van der Waals surface area contributed by atoms with Crippen molar-refractivity contribution in [1.82, 2.24) is 0 Å². The number of rotatable bonds is 5. The predicted octanol–water partition coefficient (Wildman–Crippen LogP) is 3.45. The van der Waals surface area contributed by atoms with Crippen molar-refractivity contribution in [2.75, 3.05) is 5.75 Å². The smallest absolute Gasteiger partial charge is 0.0456 e. The van der Waals surface area contributed by atoms with Crippen molar-refractivity contribution >= 4 is 16.9 Å². The molecular weight excluding hydrogens is 204 g/mol. The maximum absolute atomic E-state index is 11.5. The van der Waals surface area contributed by atoms with Crippen LogP contribution in [0.4, 0.5) is 0 Å². The molecule has 0 saturated heterocycles. The Morgan fingerprint density at radius 2 is 1.93 bits per heavy atom. The van der Waals surface area contributed by atoms with Gasteiger partial charge in [-0.15, -0.1) is 0 Å². The van der Waals surface area contributed by atoms with Gasteiger partial charge in [0.25, 0.3) is 0 Å². The summed E-state index contributed by atoms with van der Waals surface area (Å²) in [5.74, 6) is 1.39. The molecule has 0 radical (unpaired) electrons. The van der Waals surface area contributed by atoms with Crippen LogP contribution in [0.25, 0.3) is 6.08 Å². The van der Waals surface area contributed by atoms with Gasteiger partial charge in [0.15, 0.2) is 0 Å². The molecule has 0 aliphatic carbocycles. The van der Waals surface area contributed by atoms with Crippen LogP contribution >= 0.6 is 0 Å². The van der Waals surface area contributed by atoms with Gasteiger partial charge in [-0.1, -0.05) is 44.2 Å². The van der Waals surface area contributed by atoms with Crippen LogP contribution in [0.3, 0.4) is 0 Å². The van der Waals surface area contributed by atoms with Gasteiger partial charge in [-0.25, -0.2) is 0 Å². The molecule has 0 fully saturated rings. The van der Waals surface area contributed by atoms with E-state index in [0.717, 1.165) is 17.7 Å². The van der Waals surface area contributed by atoms with Gasteiger partial charge in [0, 0.05) is 22.0 Å². The van der Waals surface area contributed by atoms with Crippen molar-refractivity contribution in [3.05, 3.63) is 41.3 Å². The van der Waals surface area contributed by atoms with Crippen LogP contribution in [0.5, 0.6) is 0 Å². The number of hydrogen-bond donors (Lipinski definition) is 0. The molecule has 15 heavy (non-hydrogen) atoms. The lowest BCUT2D eigenvalue weighted by Crippen LogP contribution is -1.97.